The van der Waals surface area contributed by atoms with E-state index in [-0.39, 0.29) is 31.5 Å². The monoisotopic (exact) mass is 562 g/mol. The number of carboxylic acids is 1. The van der Waals surface area contributed by atoms with Crippen molar-refractivity contribution in [3.05, 3.63) is 88.0 Å². The van der Waals surface area contributed by atoms with Crippen LogP contribution in [0.25, 0.3) is 22.0 Å². The summed E-state index contributed by atoms with van der Waals surface area (Å²) in [5.41, 5.74) is 3.19. The zero-order chi connectivity index (χ0) is 27.4. The molecule has 4 aromatic rings. The molecule has 1 heterocycles. The first-order chi connectivity index (χ1) is 18.0. The van der Waals surface area contributed by atoms with Crippen LogP contribution in [0.4, 0.5) is 13.2 Å². The molecule has 0 fully saturated rings. The van der Waals surface area contributed by atoms with E-state index in [4.69, 9.17) is 28.3 Å². The van der Waals surface area contributed by atoms with Gasteiger partial charge in [0.1, 0.15) is 0 Å². The number of hydrogen-bond acceptors (Lipinski definition) is 3. The lowest BCUT2D eigenvalue weighted by Gasteiger charge is -2.20. The highest BCUT2D eigenvalue weighted by Gasteiger charge is 2.30. The number of ketones is 1. The number of Topliss-reactive ketones (excluding diaryl/α,β-unsaturated/α-hetero) is 1. The average molecular weight is 563 g/mol. The van der Waals surface area contributed by atoms with E-state index < -0.39 is 24.6 Å². The summed E-state index contributed by atoms with van der Waals surface area (Å²) >= 11 is 12.4. The average Bonchev–Trinajstić information content (AvgIpc) is 3.26. The van der Waals surface area contributed by atoms with E-state index in [0.717, 1.165) is 16.5 Å². The van der Waals surface area contributed by atoms with Crippen molar-refractivity contribution in [2.45, 2.75) is 44.3 Å². The minimum Gasteiger partial charge on any atom is -0.481 e. The van der Waals surface area contributed by atoms with Crippen LogP contribution in [0.1, 0.15) is 54.1 Å². The lowest BCUT2D eigenvalue weighted by Crippen LogP contribution is -2.17. The predicted octanol–water partition coefficient (Wildman–Crippen LogP) is 8.38. The lowest BCUT2D eigenvalue weighted by molar-refractivity contribution is -0.137. The molecule has 1 unspecified atom stereocenters. The van der Waals surface area contributed by atoms with Crippen molar-refractivity contribution in [2.24, 2.45) is 0 Å². The smallest absolute Gasteiger partial charge is 0.389 e. The van der Waals surface area contributed by atoms with E-state index in [1.165, 1.54) is 0 Å². The van der Waals surface area contributed by atoms with Gasteiger partial charge >= 0.3 is 12.1 Å². The van der Waals surface area contributed by atoms with Crippen LogP contribution in [0.3, 0.4) is 0 Å². The van der Waals surface area contributed by atoms with Gasteiger partial charge in [-0.05, 0) is 48.2 Å². The number of nitrogens with zero attached hydrogens (tertiary/aromatic N) is 2. The van der Waals surface area contributed by atoms with Gasteiger partial charge in [0.25, 0.3) is 0 Å². The van der Waals surface area contributed by atoms with E-state index in [1.54, 1.807) is 59.4 Å². The minimum absolute atomic E-state index is 0.0763. The Labute approximate surface area is 226 Å². The zero-order valence-corrected chi connectivity index (χ0v) is 21.5. The number of alkyl halides is 3. The minimum atomic E-state index is -4.35. The van der Waals surface area contributed by atoms with Crippen molar-refractivity contribution in [2.75, 3.05) is 0 Å². The normalized spacial score (nSPS) is 12.6. The molecule has 3 aromatic carbocycles. The van der Waals surface area contributed by atoms with Crippen molar-refractivity contribution < 1.29 is 27.9 Å². The number of benzene rings is 3. The van der Waals surface area contributed by atoms with Crippen LogP contribution in [-0.4, -0.2) is 32.8 Å². The fourth-order valence-corrected chi connectivity index (χ4v) is 4.88. The second-order valence-corrected chi connectivity index (χ2v) is 9.79. The second kappa shape index (κ2) is 11.6. The summed E-state index contributed by atoms with van der Waals surface area (Å²) in [5, 5.41) is 14.9. The maximum Gasteiger partial charge on any atom is 0.389 e. The topological polar surface area (TPSA) is 72.2 Å². The Morgan fingerprint density at radius 3 is 2.37 bits per heavy atom. The first-order valence-electron chi connectivity index (χ1n) is 11.9. The Bertz CT molecular complexity index is 1470. The Kier molecular flexibility index (Phi) is 8.43. The van der Waals surface area contributed by atoms with E-state index in [2.05, 4.69) is 5.10 Å². The van der Waals surface area contributed by atoms with Crippen molar-refractivity contribution in [3.63, 3.8) is 0 Å². The van der Waals surface area contributed by atoms with Crippen LogP contribution in [0.15, 0.2) is 66.9 Å². The number of carbonyl (C=O) groups is 2. The third-order valence-electron chi connectivity index (χ3n) is 6.25. The molecule has 0 aliphatic carbocycles. The van der Waals surface area contributed by atoms with Crippen LogP contribution < -0.4 is 0 Å². The third-order valence-corrected chi connectivity index (χ3v) is 6.79. The standard InChI is InChI=1S/C28H23Cl2F3N2O3/c29-21-9-10-22(23(30)15-21)19-8-11-24-20(14-19)16-34-35(24)25(12-13-28(31,32)33)17-4-6-18(7-5-17)26(36)2-1-3-27(37)38/h4-11,14-16,25H,1-3,12-13H2,(H,37,38). The lowest BCUT2D eigenvalue weighted by atomic mass is 9.98. The summed E-state index contributed by atoms with van der Waals surface area (Å²) < 4.78 is 41.2. The number of hydrogen-bond donors (Lipinski definition) is 1. The molecule has 1 N–H and O–H groups in total. The molecule has 10 heteroatoms. The fraction of sp³-hybridized carbons (Fsp3) is 0.250. The van der Waals surface area contributed by atoms with E-state index in [0.29, 0.717) is 26.7 Å². The summed E-state index contributed by atoms with van der Waals surface area (Å²) in [4.78, 5) is 23.1. The van der Waals surface area contributed by atoms with Crippen LogP contribution in [-0.2, 0) is 4.79 Å². The highest BCUT2D eigenvalue weighted by molar-refractivity contribution is 6.36. The Balaban J connectivity index is 1.64. The summed E-state index contributed by atoms with van der Waals surface area (Å²) in [6.45, 7) is 0. The van der Waals surface area contributed by atoms with Crippen LogP contribution in [0.2, 0.25) is 10.0 Å². The number of rotatable bonds is 10. The molecule has 38 heavy (non-hydrogen) atoms. The van der Waals surface area contributed by atoms with Crippen molar-refractivity contribution in [1.29, 1.82) is 0 Å². The summed E-state index contributed by atoms with van der Waals surface area (Å²) in [5.74, 6) is -1.20. The van der Waals surface area contributed by atoms with Crippen molar-refractivity contribution in [1.82, 2.24) is 9.78 Å². The molecule has 5 nitrogen and oxygen atoms in total. The van der Waals surface area contributed by atoms with Crippen LogP contribution in [0, 0.1) is 0 Å². The molecule has 0 saturated heterocycles. The maximum absolute atomic E-state index is 13.2. The molecule has 1 atom stereocenters. The van der Waals surface area contributed by atoms with Gasteiger partial charge in [-0.1, -0.05) is 59.6 Å². The molecular formula is C28H23Cl2F3N2O3. The summed E-state index contributed by atoms with van der Waals surface area (Å²) in [6, 6.07) is 16.3. The van der Waals surface area contributed by atoms with Gasteiger partial charge in [-0.2, -0.15) is 18.3 Å². The number of fused-ring (bicyclic) bond motifs is 1. The highest BCUT2D eigenvalue weighted by Crippen LogP contribution is 2.35. The van der Waals surface area contributed by atoms with Gasteiger partial charge in [-0.3, -0.25) is 14.3 Å². The Morgan fingerprint density at radius 2 is 1.71 bits per heavy atom. The zero-order valence-electron chi connectivity index (χ0n) is 20.0. The van der Waals surface area contributed by atoms with Crippen molar-refractivity contribution in [3.8, 4) is 11.1 Å². The van der Waals surface area contributed by atoms with E-state index >= 15 is 0 Å². The number of halogens is 5. The second-order valence-electron chi connectivity index (χ2n) is 8.95. The third kappa shape index (κ3) is 6.74. The number of aliphatic carboxylic acids is 1. The van der Waals surface area contributed by atoms with Gasteiger partial charge in [0.15, 0.2) is 5.78 Å². The van der Waals surface area contributed by atoms with Gasteiger partial charge in [0, 0.05) is 45.8 Å². The molecule has 0 amide bonds. The van der Waals surface area contributed by atoms with Crippen molar-refractivity contribution >= 4 is 45.9 Å². The molecular weight excluding hydrogens is 540 g/mol. The molecule has 198 valence electrons. The first-order valence-corrected chi connectivity index (χ1v) is 12.6. The molecule has 0 aliphatic rings. The summed E-state index contributed by atoms with van der Waals surface area (Å²) in [6.07, 6.45) is -3.81. The van der Waals surface area contributed by atoms with E-state index in [1.807, 2.05) is 12.1 Å². The Morgan fingerprint density at radius 1 is 0.974 bits per heavy atom. The van der Waals surface area contributed by atoms with Crippen LogP contribution >= 0.6 is 23.2 Å². The first kappa shape index (κ1) is 27.7. The number of carboxylic acid groups (broad SMARTS) is 1. The molecule has 0 bridgehead atoms. The molecule has 0 spiro atoms. The highest BCUT2D eigenvalue weighted by atomic mass is 35.5. The maximum atomic E-state index is 13.2. The molecule has 0 saturated carbocycles. The number of aromatic nitrogens is 2. The Hall–Kier alpha value is -3.36. The SMILES string of the molecule is O=C(O)CCCC(=O)c1ccc(C(CCC(F)(F)F)n2ncc3cc(-c4ccc(Cl)cc4Cl)ccc32)cc1. The summed E-state index contributed by atoms with van der Waals surface area (Å²) in [7, 11) is 0. The van der Waals surface area contributed by atoms with Gasteiger partial charge in [0.05, 0.1) is 17.8 Å². The molecule has 4 rings (SSSR count). The van der Waals surface area contributed by atoms with Gasteiger partial charge in [-0.25, -0.2) is 0 Å². The van der Waals surface area contributed by atoms with Crippen LogP contribution in [0.5, 0.6) is 0 Å². The van der Waals surface area contributed by atoms with Gasteiger partial charge in [0.2, 0.25) is 0 Å². The number of carbonyl (C=O) groups excluding carboxylic acids is 1. The largest absolute Gasteiger partial charge is 0.481 e. The molecule has 0 aliphatic heterocycles. The molecule has 1 aromatic heterocycles. The van der Waals surface area contributed by atoms with Gasteiger partial charge in [-0.15, -0.1) is 0 Å². The van der Waals surface area contributed by atoms with E-state index in [9.17, 15) is 22.8 Å². The quantitative estimate of drug-likeness (QED) is 0.197. The predicted molar refractivity (Wildman–Crippen MR) is 141 cm³/mol. The molecule has 0 radical (unpaired) electrons. The van der Waals surface area contributed by atoms with Gasteiger partial charge < -0.3 is 5.11 Å². The fourth-order valence-electron chi connectivity index (χ4n) is 4.36.